The molecule has 15 heavy (non-hydrogen) atoms. The minimum atomic E-state index is 0.556. The number of piperidine rings is 1. The SMILES string of the molecule is CCC1CC(CC2CCCNC2)CCO1. The van der Waals surface area contributed by atoms with Crippen molar-refractivity contribution in [3.8, 4) is 0 Å². The Balaban J connectivity index is 1.72. The molecule has 0 saturated carbocycles. The van der Waals surface area contributed by atoms with Crippen molar-refractivity contribution >= 4 is 0 Å². The highest BCUT2D eigenvalue weighted by Gasteiger charge is 2.24. The molecular weight excluding hydrogens is 186 g/mol. The number of hydrogen-bond acceptors (Lipinski definition) is 2. The Hall–Kier alpha value is -0.0800. The Labute approximate surface area is 93.8 Å². The van der Waals surface area contributed by atoms with Crippen LogP contribution >= 0.6 is 0 Å². The Kier molecular flexibility index (Phi) is 4.45. The Morgan fingerprint density at radius 2 is 2.20 bits per heavy atom. The fourth-order valence-corrected chi connectivity index (χ4v) is 3.05. The highest BCUT2D eigenvalue weighted by atomic mass is 16.5. The van der Waals surface area contributed by atoms with Gasteiger partial charge in [0.25, 0.3) is 0 Å². The van der Waals surface area contributed by atoms with Gasteiger partial charge in [0, 0.05) is 6.61 Å². The summed E-state index contributed by atoms with van der Waals surface area (Å²) in [6.07, 6.45) is 8.62. The standard InChI is InChI=1S/C13H25NO/c1-2-13-9-11(5-7-15-13)8-12-4-3-6-14-10-12/h11-14H,2-10H2,1H3. The predicted octanol–water partition coefficient (Wildman–Crippen LogP) is 2.58. The van der Waals surface area contributed by atoms with E-state index in [-0.39, 0.29) is 0 Å². The second-order valence-electron chi connectivity index (χ2n) is 5.24. The molecule has 3 unspecified atom stereocenters. The van der Waals surface area contributed by atoms with Crippen molar-refractivity contribution in [3.05, 3.63) is 0 Å². The fraction of sp³-hybridized carbons (Fsp3) is 1.00. The van der Waals surface area contributed by atoms with Gasteiger partial charge in [-0.15, -0.1) is 0 Å². The van der Waals surface area contributed by atoms with Gasteiger partial charge in [0.1, 0.15) is 0 Å². The van der Waals surface area contributed by atoms with Crippen molar-refractivity contribution < 1.29 is 4.74 Å². The van der Waals surface area contributed by atoms with E-state index in [4.69, 9.17) is 4.74 Å². The van der Waals surface area contributed by atoms with Gasteiger partial charge in [-0.05, 0) is 63.5 Å². The first-order valence-electron chi connectivity index (χ1n) is 6.70. The van der Waals surface area contributed by atoms with E-state index in [2.05, 4.69) is 12.2 Å². The van der Waals surface area contributed by atoms with E-state index in [0.29, 0.717) is 6.10 Å². The molecule has 2 heteroatoms. The zero-order chi connectivity index (χ0) is 10.5. The molecule has 0 spiro atoms. The van der Waals surface area contributed by atoms with E-state index < -0.39 is 0 Å². The summed E-state index contributed by atoms with van der Waals surface area (Å²) in [5.41, 5.74) is 0. The lowest BCUT2D eigenvalue weighted by molar-refractivity contribution is -0.0159. The highest BCUT2D eigenvalue weighted by Crippen LogP contribution is 2.29. The van der Waals surface area contributed by atoms with Crippen LogP contribution in [0.2, 0.25) is 0 Å². The Morgan fingerprint density at radius 1 is 1.27 bits per heavy atom. The second kappa shape index (κ2) is 5.86. The van der Waals surface area contributed by atoms with Gasteiger partial charge in [0.2, 0.25) is 0 Å². The van der Waals surface area contributed by atoms with Crippen LogP contribution in [-0.4, -0.2) is 25.8 Å². The van der Waals surface area contributed by atoms with E-state index in [9.17, 15) is 0 Å². The first-order valence-corrected chi connectivity index (χ1v) is 6.70. The summed E-state index contributed by atoms with van der Waals surface area (Å²) in [5.74, 6) is 1.88. The molecule has 0 bridgehead atoms. The fourth-order valence-electron chi connectivity index (χ4n) is 3.05. The summed E-state index contributed by atoms with van der Waals surface area (Å²) in [6, 6.07) is 0. The maximum Gasteiger partial charge on any atom is 0.0575 e. The van der Waals surface area contributed by atoms with Gasteiger partial charge in [0.15, 0.2) is 0 Å². The number of hydrogen-bond donors (Lipinski definition) is 1. The molecule has 0 aliphatic carbocycles. The zero-order valence-electron chi connectivity index (χ0n) is 10.0. The third-order valence-electron chi connectivity index (χ3n) is 4.00. The lowest BCUT2D eigenvalue weighted by Crippen LogP contribution is -2.33. The lowest BCUT2D eigenvalue weighted by Gasteiger charge is -2.32. The zero-order valence-corrected chi connectivity index (χ0v) is 10.0. The molecule has 2 fully saturated rings. The van der Waals surface area contributed by atoms with Gasteiger partial charge in [-0.3, -0.25) is 0 Å². The minimum absolute atomic E-state index is 0.556. The molecule has 0 aromatic carbocycles. The van der Waals surface area contributed by atoms with Crippen LogP contribution in [-0.2, 0) is 4.74 Å². The van der Waals surface area contributed by atoms with E-state index in [0.717, 1.165) is 18.4 Å². The summed E-state index contributed by atoms with van der Waals surface area (Å²) in [6.45, 7) is 5.74. The van der Waals surface area contributed by atoms with Gasteiger partial charge in [-0.1, -0.05) is 6.92 Å². The van der Waals surface area contributed by atoms with Crippen LogP contribution in [0.25, 0.3) is 0 Å². The topological polar surface area (TPSA) is 21.3 Å². The quantitative estimate of drug-likeness (QED) is 0.774. The summed E-state index contributed by atoms with van der Waals surface area (Å²) in [7, 11) is 0. The minimum Gasteiger partial charge on any atom is -0.378 e. The molecule has 2 nitrogen and oxygen atoms in total. The van der Waals surface area contributed by atoms with E-state index >= 15 is 0 Å². The molecule has 2 aliphatic rings. The van der Waals surface area contributed by atoms with Crippen LogP contribution in [0.1, 0.15) is 45.4 Å². The largest absolute Gasteiger partial charge is 0.378 e. The molecule has 2 rings (SSSR count). The van der Waals surface area contributed by atoms with Crippen molar-refractivity contribution in [1.82, 2.24) is 5.32 Å². The van der Waals surface area contributed by atoms with Gasteiger partial charge < -0.3 is 10.1 Å². The van der Waals surface area contributed by atoms with Crippen molar-refractivity contribution in [2.24, 2.45) is 11.8 Å². The summed E-state index contributed by atoms with van der Waals surface area (Å²) in [4.78, 5) is 0. The van der Waals surface area contributed by atoms with Crippen molar-refractivity contribution in [3.63, 3.8) is 0 Å². The molecule has 2 aliphatic heterocycles. The average molecular weight is 211 g/mol. The first-order chi connectivity index (χ1) is 7.38. The van der Waals surface area contributed by atoms with Gasteiger partial charge in [-0.2, -0.15) is 0 Å². The maximum absolute atomic E-state index is 5.73. The van der Waals surface area contributed by atoms with Gasteiger partial charge in [-0.25, -0.2) is 0 Å². The summed E-state index contributed by atoms with van der Waals surface area (Å²) in [5, 5.41) is 3.52. The van der Waals surface area contributed by atoms with E-state index in [1.807, 2.05) is 0 Å². The molecule has 0 radical (unpaired) electrons. The van der Waals surface area contributed by atoms with Crippen molar-refractivity contribution in [2.45, 2.75) is 51.6 Å². The van der Waals surface area contributed by atoms with Crippen LogP contribution in [0.4, 0.5) is 0 Å². The Morgan fingerprint density at radius 3 is 2.93 bits per heavy atom. The van der Waals surface area contributed by atoms with Crippen LogP contribution in [0.3, 0.4) is 0 Å². The smallest absolute Gasteiger partial charge is 0.0575 e. The second-order valence-corrected chi connectivity index (χ2v) is 5.24. The summed E-state index contributed by atoms with van der Waals surface area (Å²) < 4.78 is 5.73. The number of rotatable bonds is 3. The lowest BCUT2D eigenvalue weighted by atomic mass is 9.83. The number of ether oxygens (including phenoxy) is 1. The monoisotopic (exact) mass is 211 g/mol. The maximum atomic E-state index is 5.73. The van der Waals surface area contributed by atoms with E-state index in [1.54, 1.807) is 0 Å². The molecule has 1 N–H and O–H groups in total. The molecule has 2 heterocycles. The third kappa shape index (κ3) is 3.46. The van der Waals surface area contributed by atoms with Crippen LogP contribution in [0.15, 0.2) is 0 Å². The Bertz CT molecular complexity index is 177. The molecule has 0 aromatic heterocycles. The molecule has 0 amide bonds. The number of nitrogens with one attached hydrogen (secondary N) is 1. The van der Waals surface area contributed by atoms with Gasteiger partial charge in [0.05, 0.1) is 6.10 Å². The van der Waals surface area contributed by atoms with Crippen LogP contribution in [0, 0.1) is 11.8 Å². The molecular formula is C13H25NO. The third-order valence-corrected chi connectivity index (χ3v) is 4.00. The predicted molar refractivity (Wildman–Crippen MR) is 63.0 cm³/mol. The summed E-state index contributed by atoms with van der Waals surface area (Å²) >= 11 is 0. The molecule has 3 atom stereocenters. The van der Waals surface area contributed by atoms with Crippen LogP contribution in [0.5, 0.6) is 0 Å². The first kappa shape index (κ1) is 11.4. The van der Waals surface area contributed by atoms with Gasteiger partial charge >= 0.3 is 0 Å². The average Bonchev–Trinajstić information content (AvgIpc) is 2.31. The van der Waals surface area contributed by atoms with Crippen molar-refractivity contribution in [1.29, 1.82) is 0 Å². The highest BCUT2D eigenvalue weighted by molar-refractivity contribution is 4.77. The van der Waals surface area contributed by atoms with Crippen LogP contribution < -0.4 is 5.32 Å². The molecule has 2 saturated heterocycles. The normalized spacial score (nSPS) is 37.8. The molecule has 0 aromatic rings. The van der Waals surface area contributed by atoms with E-state index in [1.165, 1.54) is 51.6 Å². The molecule has 88 valence electrons. The van der Waals surface area contributed by atoms with Crippen molar-refractivity contribution in [2.75, 3.05) is 19.7 Å².